The third-order valence-corrected chi connectivity index (χ3v) is 3.48. The van der Waals surface area contributed by atoms with Crippen molar-refractivity contribution in [3.8, 4) is 5.69 Å². The van der Waals surface area contributed by atoms with Gasteiger partial charge < -0.3 is 5.32 Å². The maximum absolute atomic E-state index is 4.52. The van der Waals surface area contributed by atoms with Crippen molar-refractivity contribution >= 4 is 0 Å². The van der Waals surface area contributed by atoms with Crippen molar-refractivity contribution in [1.29, 1.82) is 0 Å². The van der Waals surface area contributed by atoms with Gasteiger partial charge in [-0.15, -0.1) is 0 Å². The molecule has 2 rings (SSSR count). The Balaban J connectivity index is 2.18. The molecule has 0 aliphatic heterocycles. The SMILES string of the molecule is CCCNC(CC(C)(C)C)c1cnn(-c2ccccc2)c1. The summed E-state index contributed by atoms with van der Waals surface area (Å²) in [6.45, 7) is 10.1. The quantitative estimate of drug-likeness (QED) is 0.855. The van der Waals surface area contributed by atoms with Gasteiger partial charge in [-0.05, 0) is 36.9 Å². The van der Waals surface area contributed by atoms with E-state index in [0.29, 0.717) is 11.5 Å². The molecular formula is C18H27N3. The van der Waals surface area contributed by atoms with Gasteiger partial charge in [0, 0.05) is 17.8 Å². The van der Waals surface area contributed by atoms with Crippen LogP contribution < -0.4 is 5.32 Å². The number of hydrogen-bond acceptors (Lipinski definition) is 2. The van der Waals surface area contributed by atoms with E-state index < -0.39 is 0 Å². The molecule has 1 atom stereocenters. The highest BCUT2D eigenvalue weighted by Crippen LogP contribution is 2.29. The summed E-state index contributed by atoms with van der Waals surface area (Å²) < 4.78 is 1.96. The summed E-state index contributed by atoms with van der Waals surface area (Å²) in [5, 5.41) is 8.18. The van der Waals surface area contributed by atoms with E-state index in [4.69, 9.17) is 0 Å². The summed E-state index contributed by atoms with van der Waals surface area (Å²) in [5.41, 5.74) is 2.66. The molecule has 1 unspecified atom stereocenters. The normalized spacial score (nSPS) is 13.3. The highest BCUT2D eigenvalue weighted by Gasteiger charge is 2.21. The van der Waals surface area contributed by atoms with Crippen LogP contribution in [0, 0.1) is 5.41 Å². The molecule has 2 aromatic rings. The number of rotatable bonds is 6. The standard InChI is InChI=1S/C18H27N3/c1-5-11-19-17(12-18(2,3)4)15-13-20-21(14-15)16-9-7-6-8-10-16/h6-10,13-14,17,19H,5,11-12H2,1-4H3. The first-order valence-corrected chi connectivity index (χ1v) is 7.83. The second kappa shape index (κ2) is 6.90. The Morgan fingerprint density at radius 3 is 2.52 bits per heavy atom. The van der Waals surface area contributed by atoms with Gasteiger partial charge in [-0.3, -0.25) is 0 Å². The minimum absolute atomic E-state index is 0.292. The Bertz CT molecular complexity index is 537. The van der Waals surface area contributed by atoms with Gasteiger partial charge in [-0.25, -0.2) is 4.68 Å². The number of nitrogens with zero attached hydrogens (tertiary/aromatic N) is 2. The number of hydrogen-bond donors (Lipinski definition) is 1. The first-order chi connectivity index (χ1) is 9.99. The average molecular weight is 285 g/mol. The molecule has 0 bridgehead atoms. The fourth-order valence-corrected chi connectivity index (χ4v) is 2.48. The van der Waals surface area contributed by atoms with E-state index in [-0.39, 0.29) is 0 Å². The number of benzene rings is 1. The Labute approximate surface area is 128 Å². The smallest absolute Gasteiger partial charge is 0.0645 e. The van der Waals surface area contributed by atoms with E-state index in [0.717, 1.165) is 25.1 Å². The molecular weight excluding hydrogens is 258 g/mol. The second-order valence-corrected chi connectivity index (χ2v) is 6.83. The van der Waals surface area contributed by atoms with Crippen LogP contribution in [0.3, 0.4) is 0 Å². The van der Waals surface area contributed by atoms with Crippen LogP contribution in [-0.4, -0.2) is 16.3 Å². The van der Waals surface area contributed by atoms with Crippen molar-refractivity contribution in [1.82, 2.24) is 15.1 Å². The summed E-state index contributed by atoms with van der Waals surface area (Å²) in [4.78, 5) is 0. The molecule has 3 heteroatoms. The molecule has 1 aromatic carbocycles. The fraction of sp³-hybridized carbons (Fsp3) is 0.500. The summed E-state index contributed by atoms with van der Waals surface area (Å²) in [5.74, 6) is 0. The molecule has 0 radical (unpaired) electrons. The van der Waals surface area contributed by atoms with Crippen molar-refractivity contribution in [3.05, 3.63) is 48.3 Å². The van der Waals surface area contributed by atoms with Gasteiger partial charge in [-0.1, -0.05) is 45.9 Å². The van der Waals surface area contributed by atoms with E-state index in [1.165, 1.54) is 5.56 Å². The summed E-state index contributed by atoms with van der Waals surface area (Å²) in [7, 11) is 0. The van der Waals surface area contributed by atoms with E-state index >= 15 is 0 Å². The van der Waals surface area contributed by atoms with Crippen LogP contribution in [0.15, 0.2) is 42.7 Å². The maximum atomic E-state index is 4.52. The number of aromatic nitrogens is 2. The molecule has 1 heterocycles. The lowest BCUT2D eigenvalue weighted by Crippen LogP contribution is -2.26. The molecule has 0 spiro atoms. The van der Waals surface area contributed by atoms with Gasteiger partial charge in [0.1, 0.15) is 0 Å². The van der Waals surface area contributed by atoms with Crippen molar-refractivity contribution < 1.29 is 0 Å². The molecule has 1 N–H and O–H groups in total. The van der Waals surface area contributed by atoms with Gasteiger partial charge in [-0.2, -0.15) is 5.10 Å². The van der Waals surface area contributed by atoms with Crippen LogP contribution >= 0.6 is 0 Å². The monoisotopic (exact) mass is 285 g/mol. The molecule has 114 valence electrons. The zero-order valence-corrected chi connectivity index (χ0v) is 13.6. The molecule has 0 saturated heterocycles. The summed E-state index contributed by atoms with van der Waals surface area (Å²) >= 11 is 0. The largest absolute Gasteiger partial charge is 0.310 e. The predicted octanol–water partition coefficient (Wildman–Crippen LogP) is 4.35. The van der Waals surface area contributed by atoms with Gasteiger partial charge in [0.15, 0.2) is 0 Å². The molecule has 0 amide bonds. The van der Waals surface area contributed by atoms with Crippen molar-refractivity contribution in [2.24, 2.45) is 5.41 Å². The lowest BCUT2D eigenvalue weighted by molar-refractivity contribution is 0.311. The zero-order valence-electron chi connectivity index (χ0n) is 13.6. The van der Waals surface area contributed by atoms with Crippen molar-refractivity contribution in [2.45, 2.75) is 46.6 Å². The van der Waals surface area contributed by atoms with Crippen LogP contribution in [-0.2, 0) is 0 Å². The van der Waals surface area contributed by atoms with E-state index in [2.05, 4.69) is 56.4 Å². The predicted molar refractivity (Wildman–Crippen MR) is 88.7 cm³/mol. The highest BCUT2D eigenvalue weighted by molar-refractivity contribution is 5.31. The molecule has 3 nitrogen and oxygen atoms in total. The molecule has 21 heavy (non-hydrogen) atoms. The first-order valence-electron chi connectivity index (χ1n) is 7.83. The van der Waals surface area contributed by atoms with Gasteiger partial charge in [0.25, 0.3) is 0 Å². The van der Waals surface area contributed by atoms with E-state index in [1.807, 2.05) is 29.1 Å². The van der Waals surface area contributed by atoms with Crippen LogP contribution in [0.25, 0.3) is 5.69 Å². The Morgan fingerprint density at radius 1 is 1.19 bits per heavy atom. The molecule has 0 aliphatic rings. The van der Waals surface area contributed by atoms with Crippen molar-refractivity contribution in [2.75, 3.05) is 6.54 Å². The van der Waals surface area contributed by atoms with Crippen LogP contribution in [0.2, 0.25) is 0 Å². The molecule has 0 aliphatic carbocycles. The third-order valence-electron chi connectivity index (χ3n) is 3.48. The van der Waals surface area contributed by atoms with E-state index in [1.54, 1.807) is 0 Å². The molecule has 1 aromatic heterocycles. The molecule has 0 fully saturated rings. The van der Waals surface area contributed by atoms with Gasteiger partial charge >= 0.3 is 0 Å². The minimum Gasteiger partial charge on any atom is -0.310 e. The summed E-state index contributed by atoms with van der Waals surface area (Å²) in [6.07, 6.45) is 6.39. The minimum atomic E-state index is 0.292. The van der Waals surface area contributed by atoms with Crippen LogP contribution in [0.1, 0.15) is 52.1 Å². The zero-order chi connectivity index (χ0) is 15.3. The first kappa shape index (κ1) is 15.8. The van der Waals surface area contributed by atoms with Gasteiger partial charge in [0.2, 0.25) is 0 Å². The topological polar surface area (TPSA) is 29.9 Å². The second-order valence-electron chi connectivity index (χ2n) is 6.83. The van der Waals surface area contributed by atoms with Crippen LogP contribution in [0.5, 0.6) is 0 Å². The lowest BCUT2D eigenvalue weighted by atomic mass is 9.86. The molecule has 0 saturated carbocycles. The lowest BCUT2D eigenvalue weighted by Gasteiger charge is -2.26. The maximum Gasteiger partial charge on any atom is 0.0645 e. The Morgan fingerprint density at radius 2 is 1.90 bits per heavy atom. The fourth-order valence-electron chi connectivity index (χ4n) is 2.48. The number of nitrogens with one attached hydrogen (secondary N) is 1. The van der Waals surface area contributed by atoms with E-state index in [9.17, 15) is 0 Å². The van der Waals surface area contributed by atoms with Gasteiger partial charge in [0.05, 0.1) is 11.9 Å². The Hall–Kier alpha value is -1.61. The Kier molecular flexibility index (Phi) is 5.18. The highest BCUT2D eigenvalue weighted by atomic mass is 15.3. The third kappa shape index (κ3) is 4.71. The number of para-hydroxylation sites is 1. The van der Waals surface area contributed by atoms with Crippen LogP contribution in [0.4, 0.5) is 0 Å². The van der Waals surface area contributed by atoms with Crippen molar-refractivity contribution in [3.63, 3.8) is 0 Å². The summed E-state index contributed by atoms with van der Waals surface area (Å²) in [6, 6.07) is 10.6. The average Bonchev–Trinajstić information content (AvgIpc) is 2.93.